The van der Waals surface area contributed by atoms with Crippen molar-refractivity contribution in [2.24, 2.45) is 5.73 Å². The summed E-state index contributed by atoms with van der Waals surface area (Å²) < 4.78 is 0. The van der Waals surface area contributed by atoms with E-state index < -0.39 is 0 Å². The van der Waals surface area contributed by atoms with Crippen molar-refractivity contribution in [3.8, 4) is 11.3 Å². The lowest BCUT2D eigenvalue weighted by Gasteiger charge is -2.31. The van der Waals surface area contributed by atoms with Gasteiger partial charge in [-0.05, 0) is 38.0 Å². The van der Waals surface area contributed by atoms with Crippen molar-refractivity contribution in [1.29, 1.82) is 0 Å². The zero-order valence-corrected chi connectivity index (χ0v) is 10.4. The normalized spacial score (nSPS) is 22.6. The molecule has 1 aliphatic carbocycles. The molecular weight excluding hydrogens is 224 g/mol. The van der Waals surface area contributed by atoms with E-state index in [0.717, 1.165) is 35.6 Å². The fourth-order valence-electron chi connectivity index (χ4n) is 2.31. The fourth-order valence-corrected chi connectivity index (χ4v) is 2.31. The maximum Gasteiger partial charge on any atom is 0.132 e. The zero-order chi connectivity index (χ0) is 12.5. The van der Waals surface area contributed by atoms with Gasteiger partial charge in [0.1, 0.15) is 5.82 Å². The van der Waals surface area contributed by atoms with Crippen LogP contribution in [0.3, 0.4) is 0 Å². The van der Waals surface area contributed by atoms with Crippen molar-refractivity contribution in [2.45, 2.75) is 31.7 Å². The van der Waals surface area contributed by atoms with Gasteiger partial charge in [0, 0.05) is 35.6 Å². The van der Waals surface area contributed by atoms with E-state index in [0.29, 0.717) is 12.0 Å². The SMILES string of the molecule is Cc1cc(-c2cccnc2)nc(C2CC(N)C2)n1. The molecule has 1 aliphatic rings. The van der Waals surface area contributed by atoms with E-state index in [4.69, 9.17) is 5.73 Å². The predicted molar refractivity (Wildman–Crippen MR) is 70.0 cm³/mol. The molecule has 1 fully saturated rings. The Balaban J connectivity index is 1.96. The highest BCUT2D eigenvalue weighted by Gasteiger charge is 2.29. The van der Waals surface area contributed by atoms with Crippen LogP contribution in [0.5, 0.6) is 0 Å². The third kappa shape index (κ3) is 2.11. The highest BCUT2D eigenvalue weighted by molar-refractivity contribution is 5.57. The van der Waals surface area contributed by atoms with Crippen LogP contribution in [0.25, 0.3) is 11.3 Å². The largest absolute Gasteiger partial charge is 0.328 e. The molecule has 0 aromatic carbocycles. The van der Waals surface area contributed by atoms with Crippen LogP contribution in [0, 0.1) is 6.92 Å². The number of nitrogens with zero attached hydrogens (tertiary/aromatic N) is 3. The van der Waals surface area contributed by atoms with Crippen LogP contribution in [-0.2, 0) is 0 Å². The summed E-state index contributed by atoms with van der Waals surface area (Å²) in [7, 11) is 0. The summed E-state index contributed by atoms with van der Waals surface area (Å²) in [6.07, 6.45) is 5.59. The van der Waals surface area contributed by atoms with Gasteiger partial charge in [-0.25, -0.2) is 9.97 Å². The zero-order valence-electron chi connectivity index (χ0n) is 10.4. The minimum absolute atomic E-state index is 0.320. The van der Waals surface area contributed by atoms with Crippen molar-refractivity contribution in [3.63, 3.8) is 0 Å². The Kier molecular flexibility index (Phi) is 2.80. The Bertz CT molecular complexity index is 547. The molecule has 2 N–H and O–H groups in total. The van der Waals surface area contributed by atoms with Crippen LogP contribution < -0.4 is 5.73 Å². The maximum absolute atomic E-state index is 5.83. The molecule has 0 unspecified atom stereocenters. The number of hydrogen-bond donors (Lipinski definition) is 1. The predicted octanol–water partition coefficient (Wildman–Crippen LogP) is 2.05. The van der Waals surface area contributed by atoms with Crippen LogP contribution in [0.2, 0.25) is 0 Å². The lowest BCUT2D eigenvalue weighted by molar-refractivity contribution is 0.338. The Labute approximate surface area is 106 Å². The maximum atomic E-state index is 5.83. The van der Waals surface area contributed by atoms with E-state index in [1.165, 1.54) is 0 Å². The highest BCUT2D eigenvalue weighted by Crippen LogP contribution is 2.34. The number of aryl methyl sites for hydroxylation is 1. The summed E-state index contributed by atoms with van der Waals surface area (Å²) >= 11 is 0. The molecule has 0 atom stereocenters. The summed E-state index contributed by atoms with van der Waals surface area (Å²) in [5.41, 5.74) is 8.81. The number of rotatable bonds is 2. The Hall–Kier alpha value is -1.81. The van der Waals surface area contributed by atoms with Gasteiger partial charge in [0.15, 0.2) is 0 Å². The lowest BCUT2D eigenvalue weighted by Crippen LogP contribution is -2.35. The van der Waals surface area contributed by atoms with E-state index in [2.05, 4.69) is 15.0 Å². The van der Waals surface area contributed by atoms with Crippen LogP contribution >= 0.6 is 0 Å². The smallest absolute Gasteiger partial charge is 0.132 e. The Morgan fingerprint density at radius 3 is 2.78 bits per heavy atom. The van der Waals surface area contributed by atoms with Gasteiger partial charge in [0.25, 0.3) is 0 Å². The van der Waals surface area contributed by atoms with E-state index >= 15 is 0 Å². The molecule has 4 heteroatoms. The van der Waals surface area contributed by atoms with Gasteiger partial charge < -0.3 is 5.73 Å². The standard InChI is InChI=1S/C14H16N4/c1-9-5-13(10-3-2-4-16-8-10)18-14(17-9)11-6-12(15)7-11/h2-5,8,11-12H,6-7,15H2,1H3. The van der Waals surface area contributed by atoms with Crippen molar-refractivity contribution in [2.75, 3.05) is 0 Å². The summed E-state index contributed by atoms with van der Waals surface area (Å²) in [4.78, 5) is 13.3. The molecule has 2 aromatic rings. The first-order chi connectivity index (χ1) is 8.72. The number of nitrogens with two attached hydrogens (primary N) is 1. The molecule has 0 spiro atoms. The monoisotopic (exact) mass is 240 g/mol. The van der Waals surface area contributed by atoms with Crippen LogP contribution in [-0.4, -0.2) is 21.0 Å². The van der Waals surface area contributed by atoms with Gasteiger partial charge in [-0.1, -0.05) is 0 Å². The molecule has 2 aromatic heterocycles. The van der Waals surface area contributed by atoms with Gasteiger partial charge in [-0.2, -0.15) is 0 Å². The number of pyridine rings is 1. The van der Waals surface area contributed by atoms with Gasteiger partial charge in [-0.3, -0.25) is 4.98 Å². The van der Waals surface area contributed by atoms with Gasteiger partial charge in [-0.15, -0.1) is 0 Å². The average Bonchev–Trinajstić information content (AvgIpc) is 2.35. The summed E-state index contributed by atoms with van der Waals surface area (Å²) in [5.74, 6) is 1.35. The first-order valence-corrected chi connectivity index (χ1v) is 6.24. The molecule has 0 aliphatic heterocycles. The number of aromatic nitrogens is 3. The highest BCUT2D eigenvalue weighted by atomic mass is 14.9. The van der Waals surface area contributed by atoms with Gasteiger partial charge in [0.2, 0.25) is 0 Å². The van der Waals surface area contributed by atoms with E-state index in [1.807, 2.05) is 31.3 Å². The fraction of sp³-hybridized carbons (Fsp3) is 0.357. The topological polar surface area (TPSA) is 64.7 Å². The summed E-state index contributed by atoms with van der Waals surface area (Å²) in [6.45, 7) is 2.00. The molecule has 0 amide bonds. The lowest BCUT2D eigenvalue weighted by atomic mass is 9.80. The molecule has 0 radical (unpaired) electrons. The third-order valence-corrected chi connectivity index (χ3v) is 3.37. The van der Waals surface area contributed by atoms with Crippen LogP contribution in [0.15, 0.2) is 30.6 Å². The van der Waals surface area contributed by atoms with Gasteiger partial charge >= 0.3 is 0 Å². The summed E-state index contributed by atoms with van der Waals surface area (Å²) in [6, 6.07) is 6.26. The molecule has 3 rings (SSSR count). The second-order valence-corrected chi connectivity index (χ2v) is 4.92. The molecule has 0 saturated heterocycles. The van der Waals surface area contributed by atoms with Crippen molar-refractivity contribution < 1.29 is 0 Å². The van der Waals surface area contributed by atoms with E-state index in [9.17, 15) is 0 Å². The Morgan fingerprint density at radius 2 is 2.11 bits per heavy atom. The van der Waals surface area contributed by atoms with Crippen molar-refractivity contribution in [3.05, 3.63) is 42.1 Å². The van der Waals surface area contributed by atoms with Crippen molar-refractivity contribution >= 4 is 0 Å². The molecule has 18 heavy (non-hydrogen) atoms. The van der Waals surface area contributed by atoms with Crippen LogP contribution in [0.1, 0.15) is 30.3 Å². The Morgan fingerprint density at radius 1 is 1.28 bits per heavy atom. The molecule has 92 valence electrons. The minimum atomic E-state index is 0.320. The molecule has 2 heterocycles. The first-order valence-electron chi connectivity index (χ1n) is 6.24. The second kappa shape index (κ2) is 4.46. The van der Waals surface area contributed by atoms with Crippen LogP contribution in [0.4, 0.5) is 0 Å². The quantitative estimate of drug-likeness (QED) is 0.872. The molecule has 0 bridgehead atoms. The van der Waals surface area contributed by atoms with E-state index in [-0.39, 0.29) is 0 Å². The third-order valence-electron chi connectivity index (χ3n) is 3.37. The molecular formula is C14H16N4. The minimum Gasteiger partial charge on any atom is -0.328 e. The number of hydrogen-bond acceptors (Lipinski definition) is 4. The first kappa shape index (κ1) is 11.3. The van der Waals surface area contributed by atoms with Crippen molar-refractivity contribution in [1.82, 2.24) is 15.0 Å². The van der Waals surface area contributed by atoms with E-state index in [1.54, 1.807) is 6.20 Å². The summed E-state index contributed by atoms with van der Waals surface area (Å²) in [5, 5.41) is 0. The molecule has 1 saturated carbocycles. The van der Waals surface area contributed by atoms with Gasteiger partial charge in [0.05, 0.1) is 5.69 Å². The average molecular weight is 240 g/mol. The molecule has 4 nitrogen and oxygen atoms in total. The second-order valence-electron chi connectivity index (χ2n) is 4.92.